The van der Waals surface area contributed by atoms with Crippen molar-refractivity contribution in [3.8, 4) is 0 Å². The Labute approximate surface area is 113 Å². The van der Waals surface area contributed by atoms with Crippen LogP contribution in [0.25, 0.3) is 11.0 Å². The van der Waals surface area contributed by atoms with Crippen molar-refractivity contribution in [3.63, 3.8) is 0 Å². The van der Waals surface area contributed by atoms with Gasteiger partial charge in [0, 0.05) is 13.6 Å². The third-order valence-corrected chi connectivity index (χ3v) is 2.39. The second-order valence-electron chi connectivity index (χ2n) is 4.90. The van der Waals surface area contributed by atoms with Gasteiger partial charge in [-0.1, -0.05) is 13.8 Å². The number of anilines is 1. The van der Waals surface area contributed by atoms with Crippen molar-refractivity contribution in [1.82, 2.24) is 20.2 Å². The lowest BCUT2D eigenvalue weighted by Gasteiger charge is -2.26. The van der Waals surface area contributed by atoms with Crippen LogP contribution in [0.3, 0.4) is 0 Å². The highest BCUT2D eigenvalue weighted by atomic mass is 16.3. The molecule has 0 aliphatic heterocycles. The molecule has 2 N–H and O–H groups in total. The van der Waals surface area contributed by atoms with Crippen LogP contribution in [-0.4, -0.2) is 44.5 Å². The first-order chi connectivity index (χ1) is 8.87. The molecular formula is C13H23N5O. The lowest BCUT2D eigenvalue weighted by Crippen LogP contribution is -2.36. The maximum Gasteiger partial charge on any atom is 0.161 e. The van der Waals surface area contributed by atoms with Crippen LogP contribution in [0, 0.1) is 6.92 Å². The van der Waals surface area contributed by atoms with Gasteiger partial charge >= 0.3 is 0 Å². The fourth-order valence-corrected chi connectivity index (χ4v) is 1.87. The van der Waals surface area contributed by atoms with Crippen molar-refractivity contribution < 1.29 is 5.11 Å². The number of H-pyrrole nitrogens is 1. The summed E-state index contributed by atoms with van der Waals surface area (Å²) in [6.07, 6.45) is 1.70. The molecule has 0 fully saturated rings. The molecule has 106 valence electrons. The topological polar surface area (TPSA) is 77.9 Å². The maximum absolute atomic E-state index is 9.83. The molecule has 2 aromatic heterocycles. The van der Waals surface area contributed by atoms with Gasteiger partial charge in [0.05, 0.1) is 17.2 Å². The molecule has 6 nitrogen and oxygen atoms in total. The van der Waals surface area contributed by atoms with E-state index in [2.05, 4.69) is 20.2 Å². The molecule has 0 aliphatic rings. The number of nitrogens with one attached hydrogen (secondary N) is 1. The molecular weight excluding hydrogens is 242 g/mol. The predicted octanol–water partition coefficient (Wildman–Crippen LogP) is 1.89. The predicted molar refractivity (Wildman–Crippen MR) is 77.3 cm³/mol. The summed E-state index contributed by atoms with van der Waals surface area (Å²) >= 11 is 0. The fourth-order valence-electron chi connectivity index (χ4n) is 1.87. The molecule has 0 aromatic carbocycles. The van der Waals surface area contributed by atoms with Crippen LogP contribution in [0.2, 0.25) is 0 Å². The summed E-state index contributed by atoms with van der Waals surface area (Å²) in [6.45, 7) is 9.86. The van der Waals surface area contributed by atoms with E-state index >= 15 is 0 Å². The third kappa shape index (κ3) is 3.89. The number of fused-ring (bicyclic) bond motifs is 1. The van der Waals surface area contributed by atoms with E-state index in [1.807, 2.05) is 32.7 Å². The Morgan fingerprint density at radius 3 is 2.53 bits per heavy atom. The standard InChI is InChI=1S/C11H17N5O.C2H6/c1-7-13-9-8(5-12-15-9)10(14-7)16(4)6-11(2,3)17;1-2/h5,17H,6H2,1-4H3,(H,12,13,14,15);1-2H3. The zero-order valence-corrected chi connectivity index (χ0v) is 12.5. The Balaban J connectivity index is 0.000000861. The first-order valence-electron chi connectivity index (χ1n) is 6.48. The van der Waals surface area contributed by atoms with Crippen molar-refractivity contribution in [2.75, 3.05) is 18.5 Å². The molecule has 6 heteroatoms. The van der Waals surface area contributed by atoms with E-state index in [1.165, 1.54) is 0 Å². The smallest absolute Gasteiger partial charge is 0.161 e. The van der Waals surface area contributed by atoms with Crippen LogP contribution in [0.4, 0.5) is 5.82 Å². The Morgan fingerprint density at radius 2 is 1.95 bits per heavy atom. The van der Waals surface area contributed by atoms with Crippen LogP contribution >= 0.6 is 0 Å². The summed E-state index contributed by atoms with van der Waals surface area (Å²) < 4.78 is 0. The molecule has 0 saturated heterocycles. The number of aliphatic hydroxyl groups is 1. The van der Waals surface area contributed by atoms with Crippen LogP contribution in [-0.2, 0) is 0 Å². The van der Waals surface area contributed by atoms with Crippen molar-refractivity contribution in [1.29, 1.82) is 0 Å². The zero-order valence-electron chi connectivity index (χ0n) is 12.5. The van der Waals surface area contributed by atoms with Gasteiger partial charge in [0.25, 0.3) is 0 Å². The SMILES string of the molecule is CC.Cc1nc(N(C)CC(C)(C)O)c2cn[nH]c2n1. The van der Waals surface area contributed by atoms with E-state index < -0.39 is 5.60 Å². The van der Waals surface area contributed by atoms with Crippen LogP contribution in [0.5, 0.6) is 0 Å². The quantitative estimate of drug-likeness (QED) is 0.886. The molecule has 2 rings (SSSR count). The summed E-state index contributed by atoms with van der Waals surface area (Å²) in [5.74, 6) is 1.46. The summed E-state index contributed by atoms with van der Waals surface area (Å²) in [6, 6.07) is 0. The summed E-state index contributed by atoms with van der Waals surface area (Å²) in [4.78, 5) is 10.6. The normalized spacial score (nSPS) is 11.1. The number of hydrogen-bond donors (Lipinski definition) is 2. The summed E-state index contributed by atoms with van der Waals surface area (Å²) in [5.41, 5.74) is -0.0565. The Morgan fingerprint density at radius 1 is 1.32 bits per heavy atom. The molecule has 0 saturated carbocycles. The highest BCUT2D eigenvalue weighted by molar-refractivity contribution is 5.86. The van der Waals surface area contributed by atoms with Gasteiger partial charge in [-0.25, -0.2) is 9.97 Å². The van der Waals surface area contributed by atoms with Gasteiger partial charge in [-0.2, -0.15) is 5.10 Å². The number of likely N-dealkylation sites (N-methyl/N-ethyl adjacent to an activating group) is 1. The molecule has 2 heterocycles. The minimum atomic E-state index is -0.774. The molecule has 19 heavy (non-hydrogen) atoms. The second kappa shape index (κ2) is 5.97. The monoisotopic (exact) mass is 265 g/mol. The Kier molecular flexibility index (Phi) is 4.83. The van der Waals surface area contributed by atoms with Crippen molar-refractivity contribution >= 4 is 16.9 Å². The largest absolute Gasteiger partial charge is 0.389 e. The lowest BCUT2D eigenvalue weighted by molar-refractivity contribution is 0.0885. The van der Waals surface area contributed by atoms with Crippen LogP contribution in [0.15, 0.2) is 6.20 Å². The Bertz CT molecular complexity index is 529. The minimum Gasteiger partial charge on any atom is -0.389 e. The molecule has 2 aromatic rings. The van der Waals surface area contributed by atoms with Crippen LogP contribution < -0.4 is 4.90 Å². The highest BCUT2D eigenvalue weighted by Gasteiger charge is 2.19. The first kappa shape index (κ1) is 15.4. The van der Waals surface area contributed by atoms with Gasteiger partial charge in [0.1, 0.15) is 11.6 Å². The summed E-state index contributed by atoms with van der Waals surface area (Å²) in [5, 5.41) is 17.5. The second-order valence-corrected chi connectivity index (χ2v) is 4.90. The number of nitrogens with zero attached hydrogens (tertiary/aromatic N) is 4. The molecule has 0 spiro atoms. The van der Waals surface area contributed by atoms with Gasteiger partial charge in [-0.3, -0.25) is 5.10 Å². The molecule has 0 amide bonds. The van der Waals surface area contributed by atoms with Crippen molar-refractivity contribution in [3.05, 3.63) is 12.0 Å². The maximum atomic E-state index is 9.83. The van der Waals surface area contributed by atoms with Crippen molar-refractivity contribution in [2.45, 2.75) is 40.2 Å². The Hall–Kier alpha value is -1.69. The van der Waals surface area contributed by atoms with Crippen molar-refractivity contribution in [2.24, 2.45) is 0 Å². The highest BCUT2D eigenvalue weighted by Crippen LogP contribution is 2.22. The van der Waals surface area contributed by atoms with Gasteiger partial charge < -0.3 is 10.0 Å². The van der Waals surface area contributed by atoms with E-state index in [1.54, 1.807) is 20.0 Å². The molecule has 0 bridgehead atoms. The molecule has 0 radical (unpaired) electrons. The van der Waals surface area contributed by atoms with Gasteiger partial charge in [-0.05, 0) is 20.8 Å². The fraction of sp³-hybridized carbons (Fsp3) is 0.615. The number of aromatic nitrogens is 4. The lowest BCUT2D eigenvalue weighted by atomic mass is 10.1. The number of hydrogen-bond acceptors (Lipinski definition) is 5. The van der Waals surface area contributed by atoms with Crippen LogP contribution in [0.1, 0.15) is 33.5 Å². The number of aryl methyl sites for hydroxylation is 1. The first-order valence-corrected chi connectivity index (χ1v) is 6.48. The number of aromatic amines is 1. The average Bonchev–Trinajstić information content (AvgIpc) is 2.76. The van der Waals surface area contributed by atoms with E-state index in [0.717, 1.165) is 16.9 Å². The minimum absolute atomic E-state index is 0.490. The van der Waals surface area contributed by atoms with Gasteiger partial charge in [0.2, 0.25) is 0 Å². The zero-order chi connectivity index (χ0) is 14.6. The van der Waals surface area contributed by atoms with Gasteiger partial charge in [-0.15, -0.1) is 0 Å². The van der Waals surface area contributed by atoms with Gasteiger partial charge in [0.15, 0.2) is 5.65 Å². The van der Waals surface area contributed by atoms with E-state index in [9.17, 15) is 5.11 Å². The molecule has 0 unspecified atom stereocenters. The molecule has 0 aliphatic carbocycles. The van der Waals surface area contributed by atoms with E-state index in [0.29, 0.717) is 12.4 Å². The third-order valence-electron chi connectivity index (χ3n) is 2.39. The average molecular weight is 265 g/mol. The summed E-state index contributed by atoms with van der Waals surface area (Å²) in [7, 11) is 1.90. The molecule has 0 atom stereocenters. The van der Waals surface area contributed by atoms with E-state index in [-0.39, 0.29) is 0 Å². The number of rotatable bonds is 3. The van der Waals surface area contributed by atoms with E-state index in [4.69, 9.17) is 0 Å².